The fraction of sp³-hybridized carbons (Fsp3) is 0.538. The van der Waals surface area contributed by atoms with Crippen LogP contribution in [0.4, 0.5) is 0 Å². The summed E-state index contributed by atoms with van der Waals surface area (Å²) in [5.41, 5.74) is -0.408. The van der Waals surface area contributed by atoms with Crippen molar-refractivity contribution in [3.05, 3.63) is 27.7 Å². The van der Waals surface area contributed by atoms with Crippen LogP contribution in [0.3, 0.4) is 0 Å². The highest BCUT2D eigenvalue weighted by atomic mass is 79.9. The molecule has 4 nitrogen and oxygen atoms in total. The van der Waals surface area contributed by atoms with Crippen molar-refractivity contribution in [1.82, 2.24) is 4.72 Å². The fourth-order valence-electron chi connectivity index (χ4n) is 2.57. The largest absolute Gasteiger partial charge is 0.396 e. The van der Waals surface area contributed by atoms with Crippen molar-refractivity contribution in [3.8, 4) is 0 Å². The number of benzene rings is 1. The summed E-state index contributed by atoms with van der Waals surface area (Å²) < 4.78 is 28.3. The Morgan fingerprint density at radius 2 is 2.25 bits per heavy atom. The molecule has 1 aromatic rings. The van der Waals surface area contributed by atoms with Gasteiger partial charge in [-0.25, -0.2) is 13.1 Å². The Kier molecular flexibility index (Phi) is 4.81. The van der Waals surface area contributed by atoms with E-state index in [4.69, 9.17) is 11.6 Å². The minimum absolute atomic E-state index is 0.0335. The minimum atomic E-state index is -3.69. The van der Waals surface area contributed by atoms with Crippen LogP contribution in [0.15, 0.2) is 27.6 Å². The summed E-state index contributed by atoms with van der Waals surface area (Å²) in [5, 5.41) is 9.66. The zero-order chi connectivity index (χ0) is 15.0. The first kappa shape index (κ1) is 16.2. The van der Waals surface area contributed by atoms with Gasteiger partial charge in [-0.05, 0) is 31.0 Å². The predicted octanol–water partition coefficient (Wildman–Crippen LogP) is 2.93. The molecule has 0 bridgehead atoms. The molecule has 0 unspecified atom stereocenters. The number of aliphatic hydroxyl groups excluding tert-OH is 1. The Bertz CT molecular complexity index is 608. The molecule has 0 saturated heterocycles. The van der Waals surface area contributed by atoms with E-state index in [1.165, 1.54) is 6.07 Å². The van der Waals surface area contributed by atoms with E-state index < -0.39 is 15.4 Å². The summed E-state index contributed by atoms with van der Waals surface area (Å²) in [6.45, 7) is 1.87. The first-order valence-electron chi connectivity index (χ1n) is 6.37. The van der Waals surface area contributed by atoms with Crippen molar-refractivity contribution in [2.75, 3.05) is 6.61 Å². The molecule has 0 radical (unpaired) electrons. The number of aliphatic hydroxyl groups is 1. The maximum atomic E-state index is 12.4. The van der Waals surface area contributed by atoms with Gasteiger partial charge in [-0.1, -0.05) is 40.9 Å². The molecule has 2 N–H and O–H groups in total. The van der Waals surface area contributed by atoms with Crippen molar-refractivity contribution < 1.29 is 13.5 Å². The van der Waals surface area contributed by atoms with Crippen LogP contribution in [0.1, 0.15) is 26.2 Å². The molecular formula is C13H17BrClNO3S. The average Bonchev–Trinajstić information content (AvgIpc) is 2.70. The number of hydrogen-bond donors (Lipinski definition) is 2. The summed E-state index contributed by atoms with van der Waals surface area (Å²) in [5.74, 6) is 0. The molecule has 0 heterocycles. The van der Waals surface area contributed by atoms with Gasteiger partial charge in [-0.3, -0.25) is 0 Å². The number of nitrogens with one attached hydrogen (secondary N) is 1. The van der Waals surface area contributed by atoms with E-state index in [-0.39, 0.29) is 22.6 Å². The molecule has 1 aliphatic carbocycles. The lowest BCUT2D eigenvalue weighted by Crippen LogP contribution is -2.44. The van der Waals surface area contributed by atoms with E-state index in [9.17, 15) is 13.5 Å². The van der Waals surface area contributed by atoms with E-state index in [0.29, 0.717) is 0 Å². The van der Waals surface area contributed by atoms with Gasteiger partial charge in [0.2, 0.25) is 10.0 Å². The lowest BCUT2D eigenvalue weighted by molar-refractivity contribution is 0.127. The molecular weight excluding hydrogens is 366 g/mol. The van der Waals surface area contributed by atoms with Crippen molar-refractivity contribution in [2.45, 2.75) is 37.1 Å². The standard InChI is InChI=1S/C13H17BrClNO3S/c1-13(8-17)6-2-3-12(13)16-20(18,19)11-5-4-9(14)7-10(11)15/h4-5,7,12,16-17H,2-3,6,8H2,1H3/t12-,13+/m1/s1. The van der Waals surface area contributed by atoms with Gasteiger partial charge in [-0.2, -0.15) is 0 Å². The lowest BCUT2D eigenvalue weighted by Gasteiger charge is -2.29. The zero-order valence-corrected chi connectivity index (χ0v) is 14.2. The van der Waals surface area contributed by atoms with Gasteiger partial charge in [0.05, 0.1) is 5.02 Å². The maximum Gasteiger partial charge on any atom is 0.242 e. The Balaban J connectivity index is 2.28. The van der Waals surface area contributed by atoms with Crippen LogP contribution in [-0.4, -0.2) is 26.2 Å². The smallest absolute Gasteiger partial charge is 0.242 e. The van der Waals surface area contributed by atoms with Crippen molar-refractivity contribution >= 4 is 37.6 Å². The Morgan fingerprint density at radius 1 is 1.55 bits per heavy atom. The van der Waals surface area contributed by atoms with Crippen LogP contribution in [0.2, 0.25) is 5.02 Å². The van der Waals surface area contributed by atoms with E-state index in [0.717, 1.165) is 23.7 Å². The van der Waals surface area contributed by atoms with Gasteiger partial charge in [0, 0.05) is 22.5 Å². The van der Waals surface area contributed by atoms with E-state index >= 15 is 0 Å². The minimum Gasteiger partial charge on any atom is -0.396 e. The summed E-state index contributed by atoms with van der Waals surface area (Å²) in [4.78, 5) is 0.0644. The van der Waals surface area contributed by atoms with E-state index in [1.54, 1.807) is 12.1 Å². The normalized spacial score (nSPS) is 26.9. The van der Waals surface area contributed by atoms with Crippen molar-refractivity contribution in [3.63, 3.8) is 0 Å². The molecule has 1 aliphatic rings. The molecule has 7 heteroatoms. The number of hydrogen-bond acceptors (Lipinski definition) is 3. The quantitative estimate of drug-likeness (QED) is 0.841. The summed E-state index contributed by atoms with van der Waals surface area (Å²) >= 11 is 9.25. The highest BCUT2D eigenvalue weighted by Gasteiger charge is 2.40. The van der Waals surface area contributed by atoms with E-state index in [2.05, 4.69) is 20.7 Å². The third-order valence-electron chi connectivity index (χ3n) is 3.92. The fourth-order valence-corrected chi connectivity index (χ4v) is 5.01. The van der Waals surface area contributed by atoms with Gasteiger partial charge in [0.25, 0.3) is 0 Å². The Hall–Kier alpha value is -0.140. The molecule has 1 aromatic carbocycles. The number of rotatable bonds is 4. The van der Waals surface area contributed by atoms with E-state index in [1.807, 2.05) is 6.92 Å². The molecule has 1 saturated carbocycles. The second kappa shape index (κ2) is 5.93. The summed E-state index contributed by atoms with van der Waals surface area (Å²) in [6.07, 6.45) is 2.44. The van der Waals surface area contributed by atoms with Gasteiger partial charge in [-0.15, -0.1) is 0 Å². The van der Waals surface area contributed by atoms with Crippen LogP contribution in [-0.2, 0) is 10.0 Å². The number of sulfonamides is 1. The molecule has 112 valence electrons. The van der Waals surface area contributed by atoms with Crippen LogP contribution in [0, 0.1) is 5.41 Å². The highest BCUT2D eigenvalue weighted by Crippen LogP contribution is 2.38. The second-order valence-corrected chi connectivity index (χ2v) is 8.46. The molecule has 0 aromatic heterocycles. The summed E-state index contributed by atoms with van der Waals surface area (Å²) in [6, 6.07) is 4.40. The topological polar surface area (TPSA) is 66.4 Å². The molecule has 1 fully saturated rings. The third-order valence-corrected chi connectivity index (χ3v) is 6.37. The van der Waals surface area contributed by atoms with Gasteiger partial charge in [0.15, 0.2) is 0 Å². The number of halogens is 2. The monoisotopic (exact) mass is 381 g/mol. The lowest BCUT2D eigenvalue weighted by atomic mass is 9.86. The molecule has 0 amide bonds. The maximum absolute atomic E-state index is 12.4. The molecule has 2 rings (SSSR count). The average molecular weight is 383 g/mol. The zero-order valence-electron chi connectivity index (χ0n) is 11.1. The van der Waals surface area contributed by atoms with Gasteiger partial charge >= 0.3 is 0 Å². The van der Waals surface area contributed by atoms with Crippen molar-refractivity contribution in [2.24, 2.45) is 5.41 Å². The SMILES string of the molecule is C[C@@]1(CO)CCC[C@H]1NS(=O)(=O)c1ccc(Br)cc1Cl. The molecule has 0 aliphatic heterocycles. The van der Waals surface area contributed by atoms with Gasteiger partial charge in [0.1, 0.15) is 4.90 Å². The summed E-state index contributed by atoms with van der Waals surface area (Å²) in [7, 11) is -3.69. The Labute approximate surface area is 132 Å². The van der Waals surface area contributed by atoms with Crippen LogP contribution < -0.4 is 4.72 Å². The molecule has 0 spiro atoms. The van der Waals surface area contributed by atoms with Crippen LogP contribution >= 0.6 is 27.5 Å². The van der Waals surface area contributed by atoms with Crippen molar-refractivity contribution in [1.29, 1.82) is 0 Å². The second-order valence-electron chi connectivity index (χ2n) is 5.45. The third kappa shape index (κ3) is 3.20. The van der Waals surface area contributed by atoms with Gasteiger partial charge < -0.3 is 5.11 Å². The predicted molar refractivity (Wildman–Crippen MR) is 82.3 cm³/mol. The first-order valence-corrected chi connectivity index (χ1v) is 9.02. The van der Waals surface area contributed by atoms with Crippen LogP contribution in [0.25, 0.3) is 0 Å². The highest BCUT2D eigenvalue weighted by molar-refractivity contribution is 9.10. The first-order chi connectivity index (χ1) is 9.28. The molecule has 20 heavy (non-hydrogen) atoms. The molecule has 2 atom stereocenters. The Morgan fingerprint density at radius 3 is 2.85 bits per heavy atom. The van der Waals surface area contributed by atoms with Crippen LogP contribution in [0.5, 0.6) is 0 Å².